The fourth-order valence-electron chi connectivity index (χ4n) is 3.51. The van der Waals surface area contributed by atoms with Crippen molar-refractivity contribution in [3.63, 3.8) is 0 Å². The number of hydrogen-bond acceptors (Lipinski definition) is 5. The van der Waals surface area contributed by atoms with Gasteiger partial charge >= 0.3 is 0 Å². The van der Waals surface area contributed by atoms with E-state index < -0.39 is 0 Å². The quantitative estimate of drug-likeness (QED) is 0.716. The number of anilines is 1. The van der Waals surface area contributed by atoms with Crippen molar-refractivity contribution < 1.29 is 14.1 Å². The number of methoxy groups -OCH3 is 1. The molecule has 4 rings (SSSR count). The van der Waals surface area contributed by atoms with Crippen LogP contribution in [0.3, 0.4) is 0 Å². The first-order chi connectivity index (χ1) is 12.1. The van der Waals surface area contributed by atoms with Crippen molar-refractivity contribution in [3.05, 3.63) is 46.8 Å². The van der Waals surface area contributed by atoms with Crippen LogP contribution in [0.1, 0.15) is 33.7 Å². The van der Waals surface area contributed by atoms with E-state index in [1.165, 1.54) is 0 Å². The third-order valence-corrected chi connectivity index (χ3v) is 4.62. The standard InChI is InChI=1S/C19H19N3O3/c1-11-10-14(16-12(2)21-25-18(16)20-11)19(23)22-9-5-7-13-6-4-8-15(24-3)17(13)22/h4,6,8,10H,5,7,9H2,1-3H3. The highest BCUT2D eigenvalue weighted by atomic mass is 16.5. The van der Waals surface area contributed by atoms with Crippen molar-refractivity contribution in [2.24, 2.45) is 0 Å². The van der Waals surface area contributed by atoms with Crippen molar-refractivity contribution in [3.8, 4) is 5.75 Å². The van der Waals surface area contributed by atoms with Gasteiger partial charge < -0.3 is 14.2 Å². The van der Waals surface area contributed by atoms with E-state index in [2.05, 4.69) is 16.2 Å². The Kier molecular flexibility index (Phi) is 3.67. The Morgan fingerprint density at radius 1 is 1.32 bits per heavy atom. The highest BCUT2D eigenvalue weighted by molar-refractivity contribution is 6.14. The van der Waals surface area contributed by atoms with Gasteiger partial charge in [-0.3, -0.25) is 4.79 Å². The van der Waals surface area contributed by atoms with Crippen LogP contribution in [-0.4, -0.2) is 29.7 Å². The Hall–Kier alpha value is -2.89. The zero-order valence-corrected chi connectivity index (χ0v) is 14.5. The highest BCUT2D eigenvalue weighted by Crippen LogP contribution is 2.37. The summed E-state index contributed by atoms with van der Waals surface area (Å²) in [5, 5.41) is 4.65. The molecule has 1 aromatic carbocycles. The molecule has 0 bridgehead atoms. The number of pyridine rings is 1. The molecule has 1 aliphatic heterocycles. The van der Waals surface area contributed by atoms with Gasteiger partial charge in [0.25, 0.3) is 11.6 Å². The first-order valence-corrected chi connectivity index (χ1v) is 8.31. The third-order valence-electron chi connectivity index (χ3n) is 4.62. The Labute approximate surface area is 145 Å². The average Bonchev–Trinajstić information content (AvgIpc) is 3.00. The van der Waals surface area contributed by atoms with Crippen LogP contribution in [0.4, 0.5) is 5.69 Å². The molecule has 3 aromatic rings. The summed E-state index contributed by atoms with van der Waals surface area (Å²) >= 11 is 0. The van der Waals surface area contributed by atoms with Crippen LogP contribution >= 0.6 is 0 Å². The van der Waals surface area contributed by atoms with Crippen molar-refractivity contribution in [1.82, 2.24) is 10.1 Å². The van der Waals surface area contributed by atoms with Gasteiger partial charge in [0.2, 0.25) is 0 Å². The molecule has 128 valence electrons. The predicted octanol–water partition coefficient (Wildman–Crippen LogP) is 3.44. The number of hydrogen-bond donors (Lipinski definition) is 0. The number of ether oxygens (including phenoxy) is 1. The first kappa shape index (κ1) is 15.6. The summed E-state index contributed by atoms with van der Waals surface area (Å²) < 4.78 is 10.8. The number of nitrogens with zero attached hydrogens (tertiary/aromatic N) is 3. The molecule has 0 fully saturated rings. The summed E-state index contributed by atoms with van der Waals surface area (Å²) in [6, 6.07) is 7.71. The highest BCUT2D eigenvalue weighted by Gasteiger charge is 2.29. The first-order valence-electron chi connectivity index (χ1n) is 8.31. The van der Waals surface area contributed by atoms with E-state index in [1.807, 2.05) is 26.0 Å². The lowest BCUT2D eigenvalue weighted by molar-refractivity contribution is 0.0985. The van der Waals surface area contributed by atoms with Gasteiger partial charge in [0.15, 0.2) is 0 Å². The number of amides is 1. The van der Waals surface area contributed by atoms with Crippen LogP contribution in [0.5, 0.6) is 5.75 Å². The fourth-order valence-corrected chi connectivity index (χ4v) is 3.51. The van der Waals surface area contributed by atoms with Crippen molar-refractivity contribution >= 4 is 22.7 Å². The van der Waals surface area contributed by atoms with E-state index in [4.69, 9.17) is 9.26 Å². The maximum Gasteiger partial charge on any atom is 0.259 e. The molecule has 0 spiro atoms. The van der Waals surface area contributed by atoms with Gasteiger partial charge in [-0.2, -0.15) is 0 Å². The van der Waals surface area contributed by atoms with Crippen LogP contribution in [0.25, 0.3) is 11.1 Å². The van der Waals surface area contributed by atoms with E-state index in [9.17, 15) is 4.79 Å². The van der Waals surface area contributed by atoms with Gasteiger partial charge in [-0.25, -0.2) is 4.98 Å². The van der Waals surface area contributed by atoms with Crippen LogP contribution in [0, 0.1) is 13.8 Å². The van der Waals surface area contributed by atoms with Gasteiger partial charge in [0.1, 0.15) is 5.75 Å². The molecule has 0 radical (unpaired) electrons. The predicted molar refractivity (Wildman–Crippen MR) is 94.3 cm³/mol. The van der Waals surface area contributed by atoms with Crippen molar-refractivity contribution in [2.75, 3.05) is 18.6 Å². The zero-order chi connectivity index (χ0) is 17.6. The second kappa shape index (κ2) is 5.88. The molecule has 0 saturated heterocycles. The monoisotopic (exact) mass is 337 g/mol. The summed E-state index contributed by atoms with van der Waals surface area (Å²) in [4.78, 5) is 19.6. The van der Waals surface area contributed by atoms with Crippen molar-refractivity contribution in [1.29, 1.82) is 0 Å². The molecule has 25 heavy (non-hydrogen) atoms. The molecule has 0 aliphatic carbocycles. The van der Waals surface area contributed by atoms with Crippen LogP contribution in [0.15, 0.2) is 28.8 Å². The second-order valence-corrected chi connectivity index (χ2v) is 6.29. The topological polar surface area (TPSA) is 68.5 Å². The zero-order valence-electron chi connectivity index (χ0n) is 14.5. The lowest BCUT2D eigenvalue weighted by Gasteiger charge is -2.31. The van der Waals surface area contributed by atoms with E-state index in [-0.39, 0.29) is 5.91 Å². The Balaban J connectivity index is 1.88. The minimum absolute atomic E-state index is 0.0766. The Morgan fingerprint density at radius 3 is 2.96 bits per heavy atom. The van der Waals surface area contributed by atoms with Crippen LogP contribution in [-0.2, 0) is 6.42 Å². The molecule has 3 heterocycles. The molecule has 0 saturated carbocycles. The van der Waals surface area contributed by atoms with E-state index in [1.54, 1.807) is 18.1 Å². The van der Waals surface area contributed by atoms with Crippen LogP contribution in [0.2, 0.25) is 0 Å². The van der Waals surface area contributed by atoms with Gasteiger partial charge in [-0.05, 0) is 44.4 Å². The van der Waals surface area contributed by atoms with E-state index in [0.717, 1.165) is 35.5 Å². The Morgan fingerprint density at radius 2 is 2.16 bits per heavy atom. The minimum Gasteiger partial charge on any atom is -0.495 e. The summed E-state index contributed by atoms with van der Waals surface area (Å²) in [6.45, 7) is 4.32. The molecule has 0 atom stereocenters. The number of fused-ring (bicyclic) bond motifs is 2. The fraction of sp³-hybridized carbons (Fsp3) is 0.316. The molecular weight excluding hydrogens is 318 g/mol. The number of rotatable bonds is 2. The van der Waals surface area contributed by atoms with Gasteiger partial charge in [-0.1, -0.05) is 17.3 Å². The minimum atomic E-state index is -0.0766. The molecule has 0 N–H and O–H groups in total. The SMILES string of the molecule is COc1cccc2c1N(C(=O)c1cc(C)nc3onc(C)c13)CCC2. The number of carbonyl (C=O) groups is 1. The molecule has 6 nitrogen and oxygen atoms in total. The maximum absolute atomic E-state index is 13.4. The van der Waals surface area contributed by atoms with Crippen LogP contribution < -0.4 is 9.64 Å². The largest absolute Gasteiger partial charge is 0.495 e. The Bertz CT molecular complexity index is 963. The number of carbonyl (C=O) groups excluding carboxylic acids is 1. The van der Waals surface area contributed by atoms with E-state index >= 15 is 0 Å². The summed E-state index contributed by atoms with van der Waals surface area (Å²) in [5.41, 5.74) is 4.35. The lowest BCUT2D eigenvalue weighted by atomic mass is 9.99. The third kappa shape index (κ3) is 2.45. The normalized spacial score (nSPS) is 13.8. The van der Waals surface area contributed by atoms with E-state index in [0.29, 0.717) is 28.9 Å². The molecule has 1 aliphatic rings. The maximum atomic E-state index is 13.4. The molecule has 6 heteroatoms. The molecule has 1 amide bonds. The summed E-state index contributed by atoms with van der Waals surface area (Å²) in [7, 11) is 1.63. The molecule has 2 aromatic heterocycles. The smallest absolute Gasteiger partial charge is 0.259 e. The summed E-state index contributed by atoms with van der Waals surface area (Å²) in [6.07, 6.45) is 1.86. The van der Waals surface area contributed by atoms with Gasteiger partial charge in [0, 0.05) is 12.2 Å². The number of aryl methyl sites for hydroxylation is 3. The molecule has 0 unspecified atom stereocenters. The van der Waals surface area contributed by atoms with Crippen molar-refractivity contribution in [2.45, 2.75) is 26.7 Å². The van der Waals surface area contributed by atoms with Gasteiger partial charge in [0.05, 0.1) is 29.4 Å². The summed E-state index contributed by atoms with van der Waals surface area (Å²) in [5.74, 6) is 0.641. The molecular formula is C19H19N3O3. The number of benzene rings is 1. The number of aromatic nitrogens is 2. The second-order valence-electron chi connectivity index (χ2n) is 6.29. The average molecular weight is 337 g/mol. The van der Waals surface area contributed by atoms with Gasteiger partial charge in [-0.15, -0.1) is 0 Å². The number of para-hydroxylation sites is 1. The lowest BCUT2D eigenvalue weighted by Crippen LogP contribution is -2.36.